The molecular formula is C13H18ClN3O2S. The van der Waals surface area contributed by atoms with Crippen LogP contribution in [0.25, 0.3) is 0 Å². The summed E-state index contributed by atoms with van der Waals surface area (Å²) in [5, 5.41) is 12.0. The van der Waals surface area contributed by atoms with Gasteiger partial charge in [-0.25, -0.2) is 13.1 Å². The molecule has 1 atom stereocenters. The molecule has 7 heteroatoms. The third kappa shape index (κ3) is 5.10. The zero-order valence-corrected chi connectivity index (χ0v) is 12.6. The van der Waals surface area contributed by atoms with Crippen molar-refractivity contribution in [3.05, 3.63) is 35.4 Å². The lowest BCUT2D eigenvalue weighted by atomic mass is 10.1. The molecule has 5 nitrogen and oxygen atoms in total. The van der Waals surface area contributed by atoms with Crippen LogP contribution in [-0.2, 0) is 15.8 Å². The van der Waals surface area contributed by atoms with Gasteiger partial charge in [-0.15, -0.1) is 12.4 Å². The van der Waals surface area contributed by atoms with Crippen LogP contribution in [0.3, 0.4) is 0 Å². The molecule has 2 N–H and O–H groups in total. The van der Waals surface area contributed by atoms with Gasteiger partial charge in [0, 0.05) is 12.6 Å². The fourth-order valence-corrected chi connectivity index (χ4v) is 3.61. The van der Waals surface area contributed by atoms with E-state index in [1.165, 1.54) is 0 Å². The highest BCUT2D eigenvalue weighted by atomic mass is 35.5. The lowest BCUT2D eigenvalue weighted by Gasteiger charge is -2.23. The summed E-state index contributed by atoms with van der Waals surface area (Å²) in [6.45, 7) is 1.62. The van der Waals surface area contributed by atoms with Gasteiger partial charge in [-0.2, -0.15) is 5.26 Å². The maximum Gasteiger partial charge on any atom is 0.216 e. The molecule has 1 aromatic rings. The number of nitriles is 1. The number of benzene rings is 1. The molecule has 1 aliphatic rings. The molecule has 0 aliphatic carbocycles. The van der Waals surface area contributed by atoms with Crippen LogP contribution in [0.2, 0.25) is 0 Å². The molecule has 1 heterocycles. The van der Waals surface area contributed by atoms with Gasteiger partial charge in [-0.05, 0) is 37.1 Å². The Morgan fingerprint density at radius 2 is 2.25 bits per heavy atom. The second kappa shape index (κ2) is 7.60. The van der Waals surface area contributed by atoms with Crippen molar-refractivity contribution in [3.8, 4) is 6.07 Å². The summed E-state index contributed by atoms with van der Waals surface area (Å²) in [5.41, 5.74) is 1.11. The van der Waals surface area contributed by atoms with Crippen LogP contribution in [-0.4, -0.2) is 27.5 Å². The largest absolute Gasteiger partial charge is 0.315 e. The van der Waals surface area contributed by atoms with Crippen molar-refractivity contribution in [2.45, 2.75) is 24.6 Å². The minimum Gasteiger partial charge on any atom is -0.315 e. The summed E-state index contributed by atoms with van der Waals surface area (Å²) in [6, 6.07) is 8.67. The fraction of sp³-hybridized carbons (Fsp3) is 0.462. The van der Waals surface area contributed by atoms with Crippen LogP contribution in [0.5, 0.6) is 0 Å². The van der Waals surface area contributed by atoms with Crippen molar-refractivity contribution < 1.29 is 8.42 Å². The Hall–Kier alpha value is -1.13. The number of hydrogen-bond acceptors (Lipinski definition) is 4. The molecule has 1 saturated heterocycles. The van der Waals surface area contributed by atoms with Crippen molar-refractivity contribution in [1.29, 1.82) is 5.26 Å². The third-order valence-electron chi connectivity index (χ3n) is 3.06. The van der Waals surface area contributed by atoms with Crippen LogP contribution in [0.1, 0.15) is 24.0 Å². The normalized spacial score (nSPS) is 18.9. The molecular weight excluding hydrogens is 298 g/mol. The van der Waals surface area contributed by atoms with E-state index in [0.717, 1.165) is 19.4 Å². The van der Waals surface area contributed by atoms with E-state index in [-0.39, 0.29) is 24.2 Å². The number of sulfonamides is 1. The quantitative estimate of drug-likeness (QED) is 0.873. The van der Waals surface area contributed by atoms with Crippen LogP contribution in [0.15, 0.2) is 24.3 Å². The molecule has 0 aromatic heterocycles. The molecule has 2 rings (SSSR count). The summed E-state index contributed by atoms with van der Waals surface area (Å²) < 4.78 is 26.8. The highest BCUT2D eigenvalue weighted by Gasteiger charge is 2.20. The first-order valence-electron chi connectivity index (χ1n) is 6.29. The van der Waals surface area contributed by atoms with Crippen molar-refractivity contribution in [2.75, 3.05) is 13.1 Å². The van der Waals surface area contributed by atoms with Crippen molar-refractivity contribution in [2.24, 2.45) is 0 Å². The Morgan fingerprint density at radius 3 is 2.90 bits per heavy atom. The van der Waals surface area contributed by atoms with Gasteiger partial charge in [-0.3, -0.25) is 0 Å². The van der Waals surface area contributed by atoms with Gasteiger partial charge in [-0.1, -0.05) is 12.1 Å². The maximum absolute atomic E-state index is 12.0. The van der Waals surface area contributed by atoms with E-state index >= 15 is 0 Å². The predicted octanol–water partition coefficient (Wildman–Crippen LogP) is 1.15. The van der Waals surface area contributed by atoms with E-state index in [9.17, 15) is 8.42 Å². The SMILES string of the molecule is Cl.N#Cc1cccc(CS(=O)(=O)NC2CCCNC2)c1. The number of halogens is 1. The second-order valence-corrected chi connectivity index (χ2v) is 6.49. The highest BCUT2D eigenvalue weighted by Crippen LogP contribution is 2.10. The number of nitrogens with one attached hydrogen (secondary N) is 2. The zero-order chi connectivity index (χ0) is 13.7. The Kier molecular flexibility index (Phi) is 6.43. The van der Waals surface area contributed by atoms with Gasteiger partial charge in [0.1, 0.15) is 0 Å². The van der Waals surface area contributed by atoms with Gasteiger partial charge in [0.2, 0.25) is 10.0 Å². The minimum absolute atomic E-state index is 0. The molecule has 0 amide bonds. The molecule has 1 aliphatic heterocycles. The third-order valence-corrected chi connectivity index (χ3v) is 4.46. The second-order valence-electron chi connectivity index (χ2n) is 4.73. The minimum atomic E-state index is -3.36. The van der Waals surface area contributed by atoms with Crippen LogP contribution in [0.4, 0.5) is 0 Å². The van der Waals surface area contributed by atoms with Crippen molar-refractivity contribution in [3.63, 3.8) is 0 Å². The van der Waals surface area contributed by atoms with Crippen LogP contribution < -0.4 is 10.0 Å². The standard InChI is InChI=1S/C13H17N3O2S.ClH/c14-8-11-3-1-4-12(7-11)10-19(17,18)16-13-5-2-6-15-9-13;/h1,3-4,7,13,15-16H,2,5-6,9-10H2;1H. The summed E-state index contributed by atoms with van der Waals surface area (Å²) in [7, 11) is -3.36. The molecule has 1 fully saturated rings. The monoisotopic (exact) mass is 315 g/mol. The average Bonchev–Trinajstić information content (AvgIpc) is 2.39. The van der Waals surface area contributed by atoms with E-state index in [1.807, 2.05) is 6.07 Å². The van der Waals surface area contributed by atoms with Gasteiger partial charge < -0.3 is 5.32 Å². The summed E-state index contributed by atoms with van der Waals surface area (Å²) >= 11 is 0. The molecule has 0 radical (unpaired) electrons. The number of hydrogen-bond donors (Lipinski definition) is 2. The van der Waals surface area contributed by atoms with Gasteiger partial charge in [0.25, 0.3) is 0 Å². The summed E-state index contributed by atoms with van der Waals surface area (Å²) in [5.74, 6) is -0.0843. The van der Waals surface area contributed by atoms with E-state index in [0.29, 0.717) is 17.7 Å². The van der Waals surface area contributed by atoms with E-state index < -0.39 is 10.0 Å². The van der Waals surface area contributed by atoms with Gasteiger partial charge >= 0.3 is 0 Å². The van der Waals surface area contributed by atoms with Crippen molar-refractivity contribution >= 4 is 22.4 Å². The lowest BCUT2D eigenvalue weighted by molar-refractivity contribution is 0.428. The average molecular weight is 316 g/mol. The Balaban J connectivity index is 0.00000200. The lowest BCUT2D eigenvalue weighted by Crippen LogP contribution is -2.45. The molecule has 0 bridgehead atoms. The summed E-state index contributed by atoms with van der Waals surface area (Å²) in [4.78, 5) is 0. The number of rotatable bonds is 4. The Morgan fingerprint density at radius 1 is 1.45 bits per heavy atom. The molecule has 20 heavy (non-hydrogen) atoms. The zero-order valence-electron chi connectivity index (χ0n) is 11.0. The molecule has 1 unspecified atom stereocenters. The van der Waals surface area contributed by atoms with Gasteiger partial charge in [0.05, 0.1) is 17.4 Å². The first-order chi connectivity index (χ1) is 9.09. The van der Waals surface area contributed by atoms with Crippen LogP contribution >= 0.6 is 12.4 Å². The first-order valence-corrected chi connectivity index (χ1v) is 7.94. The Labute approximate surface area is 125 Å². The first kappa shape index (κ1) is 16.9. The van der Waals surface area contributed by atoms with E-state index in [4.69, 9.17) is 5.26 Å². The van der Waals surface area contributed by atoms with Gasteiger partial charge in [0.15, 0.2) is 0 Å². The van der Waals surface area contributed by atoms with E-state index in [1.54, 1.807) is 24.3 Å². The van der Waals surface area contributed by atoms with E-state index in [2.05, 4.69) is 10.0 Å². The molecule has 110 valence electrons. The number of nitrogens with zero attached hydrogens (tertiary/aromatic N) is 1. The highest BCUT2D eigenvalue weighted by molar-refractivity contribution is 7.88. The fourth-order valence-electron chi connectivity index (χ4n) is 2.20. The Bertz CT molecular complexity index is 578. The van der Waals surface area contributed by atoms with Crippen LogP contribution in [0, 0.1) is 11.3 Å². The molecule has 1 aromatic carbocycles. The topological polar surface area (TPSA) is 82.0 Å². The molecule has 0 saturated carbocycles. The molecule has 0 spiro atoms. The predicted molar refractivity (Wildman–Crippen MR) is 80.1 cm³/mol. The number of piperidine rings is 1. The summed E-state index contributed by atoms with van der Waals surface area (Å²) in [6.07, 6.45) is 1.85. The maximum atomic E-state index is 12.0. The van der Waals surface area contributed by atoms with Crippen molar-refractivity contribution in [1.82, 2.24) is 10.0 Å². The smallest absolute Gasteiger partial charge is 0.216 e.